The molecule has 0 radical (unpaired) electrons. The number of amides is 1. The fraction of sp³-hybridized carbons (Fsp3) is 0.360. The highest BCUT2D eigenvalue weighted by molar-refractivity contribution is 6.46. The molecule has 1 heterocycles. The van der Waals surface area contributed by atoms with Gasteiger partial charge in [-0.15, -0.1) is 0 Å². The third-order valence-electron chi connectivity index (χ3n) is 5.40. The van der Waals surface area contributed by atoms with Crippen LogP contribution >= 0.6 is 0 Å². The number of nitrogens with zero attached hydrogens (tertiary/aromatic N) is 2. The number of ether oxygens (including phenoxy) is 2. The number of para-hydroxylation sites is 1. The molecule has 2 aromatic carbocycles. The Morgan fingerprint density at radius 2 is 1.82 bits per heavy atom. The number of hydrogen-bond donors (Lipinski definition) is 1. The van der Waals surface area contributed by atoms with Crippen LogP contribution in [0, 0.1) is 10.1 Å². The second-order valence-electron chi connectivity index (χ2n) is 8.04. The molecule has 1 amide bonds. The number of nitro benzene ring substituents is 1. The Labute approximate surface area is 197 Å². The lowest BCUT2D eigenvalue weighted by Crippen LogP contribution is -2.31. The van der Waals surface area contributed by atoms with Crippen molar-refractivity contribution in [1.29, 1.82) is 0 Å². The molecule has 34 heavy (non-hydrogen) atoms. The van der Waals surface area contributed by atoms with Gasteiger partial charge in [0.2, 0.25) is 0 Å². The van der Waals surface area contributed by atoms with Crippen LogP contribution in [0.5, 0.6) is 5.75 Å². The van der Waals surface area contributed by atoms with Gasteiger partial charge in [-0.1, -0.05) is 12.1 Å². The predicted octanol–water partition coefficient (Wildman–Crippen LogP) is 4.23. The van der Waals surface area contributed by atoms with Crippen molar-refractivity contribution in [3.63, 3.8) is 0 Å². The van der Waals surface area contributed by atoms with Crippen LogP contribution in [0.15, 0.2) is 54.1 Å². The Morgan fingerprint density at radius 1 is 1.15 bits per heavy atom. The van der Waals surface area contributed by atoms with Gasteiger partial charge in [0.25, 0.3) is 17.4 Å². The number of carbonyl (C=O) groups is 2. The summed E-state index contributed by atoms with van der Waals surface area (Å²) in [5.74, 6) is -1.52. The fourth-order valence-electron chi connectivity index (χ4n) is 3.90. The molecule has 1 aliphatic heterocycles. The normalized spacial score (nSPS) is 17.4. The number of ketones is 1. The number of likely N-dealkylation sites (tertiary alicyclic amines) is 1. The summed E-state index contributed by atoms with van der Waals surface area (Å²) in [5.41, 5.74) is 0.0285. The Morgan fingerprint density at radius 3 is 2.44 bits per heavy atom. The molecule has 0 bridgehead atoms. The maximum absolute atomic E-state index is 13.1. The van der Waals surface area contributed by atoms with Crippen molar-refractivity contribution in [2.24, 2.45) is 0 Å². The summed E-state index contributed by atoms with van der Waals surface area (Å²) >= 11 is 0. The molecule has 180 valence electrons. The lowest BCUT2D eigenvalue weighted by molar-refractivity contribution is -0.385. The standard InChI is InChI=1S/C25H28N2O7/c1-4-33-18-12-10-17(11-13-18)23(28)21-22(19-8-5-6-9-20(19)27(31)32)26(25(30)24(21)29)14-7-15-34-16(2)3/h5-6,8-13,16,22,28H,4,7,14-15H2,1-3H3/t22-/m0/s1. The van der Waals surface area contributed by atoms with Gasteiger partial charge in [0, 0.05) is 24.8 Å². The highest BCUT2D eigenvalue weighted by Gasteiger charge is 2.47. The molecule has 0 aromatic heterocycles. The minimum Gasteiger partial charge on any atom is -0.507 e. The van der Waals surface area contributed by atoms with Crippen molar-refractivity contribution >= 4 is 23.1 Å². The molecule has 1 N–H and O–H groups in total. The molecule has 1 saturated heterocycles. The van der Waals surface area contributed by atoms with Crippen molar-refractivity contribution in [3.8, 4) is 5.75 Å². The number of benzene rings is 2. The van der Waals surface area contributed by atoms with Crippen LogP contribution in [0.4, 0.5) is 5.69 Å². The number of aliphatic hydroxyl groups excluding tert-OH is 1. The van der Waals surface area contributed by atoms with E-state index in [2.05, 4.69) is 0 Å². The van der Waals surface area contributed by atoms with Crippen LogP contribution in [-0.4, -0.2) is 52.5 Å². The third kappa shape index (κ3) is 5.26. The molecule has 1 aliphatic rings. The first kappa shape index (κ1) is 24.9. The van der Waals surface area contributed by atoms with E-state index in [-0.39, 0.29) is 29.5 Å². The van der Waals surface area contributed by atoms with Gasteiger partial charge in [0.05, 0.1) is 34.8 Å². The Balaban J connectivity index is 2.09. The van der Waals surface area contributed by atoms with Crippen molar-refractivity contribution in [1.82, 2.24) is 4.90 Å². The van der Waals surface area contributed by atoms with E-state index < -0.39 is 28.4 Å². The maximum Gasteiger partial charge on any atom is 0.295 e. The average molecular weight is 469 g/mol. The number of rotatable bonds is 10. The zero-order valence-electron chi connectivity index (χ0n) is 19.4. The zero-order valence-corrected chi connectivity index (χ0v) is 19.4. The molecule has 9 heteroatoms. The lowest BCUT2D eigenvalue weighted by atomic mass is 9.94. The summed E-state index contributed by atoms with van der Waals surface area (Å²) in [6, 6.07) is 11.2. The van der Waals surface area contributed by atoms with E-state index in [0.29, 0.717) is 30.9 Å². The number of Topliss-reactive ketones (excluding diaryl/α,β-unsaturated/α-hetero) is 1. The van der Waals surface area contributed by atoms with Crippen LogP contribution in [0.25, 0.3) is 5.76 Å². The van der Waals surface area contributed by atoms with Crippen molar-refractivity contribution in [2.45, 2.75) is 39.3 Å². The van der Waals surface area contributed by atoms with E-state index in [1.165, 1.54) is 23.1 Å². The number of hydrogen-bond acceptors (Lipinski definition) is 7. The molecular formula is C25H28N2O7. The summed E-state index contributed by atoms with van der Waals surface area (Å²) in [5, 5.41) is 22.8. The van der Waals surface area contributed by atoms with E-state index in [1.54, 1.807) is 30.3 Å². The van der Waals surface area contributed by atoms with Gasteiger partial charge in [-0.3, -0.25) is 19.7 Å². The number of aliphatic hydroxyl groups is 1. The second-order valence-corrected chi connectivity index (χ2v) is 8.04. The van der Waals surface area contributed by atoms with Crippen molar-refractivity contribution in [3.05, 3.63) is 75.3 Å². The van der Waals surface area contributed by atoms with Crippen LogP contribution in [0.3, 0.4) is 0 Å². The minimum absolute atomic E-state index is 0.00100. The summed E-state index contributed by atoms with van der Waals surface area (Å²) < 4.78 is 10.9. The SMILES string of the molecule is CCOc1ccc(C(O)=C2C(=O)C(=O)N(CCCOC(C)C)[C@H]2c2ccccc2[N+](=O)[O-])cc1. The molecule has 0 aliphatic carbocycles. The Bertz CT molecular complexity index is 1090. The summed E-state index contributed by atoms with van der Waals surface area (Å²) in [7, 11) is 0. The highest BCUT2D eigenvalue weighted by atomic mass is 16.6. The fourth-order valence-corrected chi connectivity index (χ4v) is 3.90. The zero-order chi connectivity index (χ0) is 24.8. The number of nitro groups is 1. The third-order valence-corrected chi connectivity index (χ3v) is 5.40. The first-order valence-corrected chi connectivity index (χ1v) is 11.1. The summed E-state index contributed by atoms with van der Waals surface area (Å²) in [6.45, 7) is 6.56. The second kappa shape index (κ2) is 10.9. The molecule has 9 nitrogen and oxygen atoms in total. The Kier molecular flexibility index (Phi) is 8.01. The van der Waals surface area contributed by atoms with Gasteiger partial charge in [0.15, 0.2) is 0 Å². The van der Waals surface area contributed by atoms with Gasteiger partial charge in [0.1, 0.15) is 11.5 Å². The van der Waals surface area contributed by atoms with Gasteiger partial charge >= 0.3 is 0 Å². The lowest BCUT2D eigenvalue weighted by Gasteiger charge is -2.25. The van der Waals surface area contributed by atoms with Gasteiger partial charge < -0.3 is 19.5 Å². The maximum atomic E-state index is 13.1. The smallest absolute Gasteiger partial charge is 0.295 e. The van der Waals surface area contributed by atoms with E-state index in [1.807, 2.05) is 20.8 Å². The summed E-state index contributed by atoms with van der Waals surface area (Å²) in [6.07, 6.45) is 0.423. The number of carbonyl (C=O) groups excluding carboxylic acids is 2. The molecular weight excluding hydrogens is 440 g/mol. The molecule has 0 spiro atoms. The topological polar surface area (TPSA) is 119 Å². The largest absolute Gasteiger partial charge is 0.507 e. The minimum atomic E-state index is -1.10. The van der Waals surface area contributed by atoms with Gasteiger partial charge in [-0.25, -0.2) is 0 Å². The van der Waals surface area contributed by atoms with Crippen LogP contribution < -0.4 is 4.74 Å². The van der Waals surface area contributed by atoms with Gasteiger partial charge in [-0.05, 0) is 57.5 Å². The van der Waals surface area contributed by atoms with Crippen LogP contribution in [0.2, 0.25) is 0 Å². The van der Waals surface area contributed by atoms with Crippen molar-refractivity contribution in [2.75, 3.05) is 19.8 Å². The van der Waals surface area contributed by atoms with Crippen LogP contribution in [-0.2, 0) is 14.3 Å². The molecule has 1 atom stereocenters. The average Bonchev–Trinajstić information content (AvgIpc) is 3.06. The molecule has 3 rings (SSSR count). The molecule has 1 fully saturated rings. The molecule has 2 aromatic rings. The monoisotopic (exact) mass is 468 g/mol. The summed E-state index contributed by atoms with van der Waals surface area (Å²) in [4.78, 5) is 38.5. The quantitative estimate of drug-likeness (QED) is 0.138. The van der Waals surface area contributed by atoms with Crippen molar-refractivity contribution < 1.29 is 29.1 Å². The van der Waals surface area contributed by atoms with E-state index >= 15 is 0 Å². The van der Waals surface area contributed by atoms with E-state index in [9.17, 15) is 24.8 Å². The first-order valence-electron chi connectivity index (χ1n) is 11.1. The van der Waals surface area contributed by atoms with Gasteiger partial charge in [-0.2, -0.15) is 0 Å². The molecule has 0 unspecified atom stereocenters. The predicted molar refractivity (Wildman–Crippen MR) is 125 cm³/mol. The first-order chi connectivity index (χ1) is 16.3. The highest BCUT2D eigenvalue weighted by Crippen LogP contribution is 2.42. The van der Waals surface area contributed by atoms with E-state index in [4.69, 9.17) is 9.47 Å². The Hall–Kier alpha value is -3.72. The molecule has 0 saturated carbocycles. The van der Waals surface area contributed by atoms with E-state index in [0.717, 1.165) is 0 Å². The van der Waals surface area contributed by atoms with Crippen LogP contribution in [0.1, 0.15) is 44.4 Å².